The summed E-state index contributed by atoms with van der Waals surface area (Å²) in [6.07, 6.45) is 3.58. The molecule has 0 radical (unpaired) electrons. The highest BCUT2D eigenvalue weighted by Crippen LogP contribution is 2.03. The van der Waals surface area contributed by atoms with E-state index in [0.29, 0.717) is 6.54 Å². The summed E-state index contributed by atoms with van der Waals surface area (Å²) < 4.78 is 1.79. The summed E-state index contributed by atoms with van der Waals surface area (Å²) in [7, 11) is 0. The molecular formula is C11H19N3O2. The van der Waals surface area contributed by atoms with Gasteiger partial charge in [-0.2, -0.15) is 5.10 Å². The van der Waals surface area contributed by atoms with E-state index in [1.165, 1.54) is 0 Å². The van der Waals surface area contributed by atoms with Gasteiger partial charge in [0.1, 0.15) is 6.04 Å². The van der Waals surface area contributed by atoms with Crippen LogP contribution < -0.4 is 5.32 Å². The number of hydrogen-bond acceptors (Lipinski definition) is 3. The van der Waals surface area contributed by atoms with Crippen LogP contribution >= 0.6 is 0 Å². The van der Waals surface area contributed by atoms with Crippen LogP contribution in [0.15, 0.2) is 18.5 Å². The lowest BCUT2D eigenvalue weighted by Gasteiger charge is -2.22. The number of rotatable bonds is 6. The van der Waals surface area contributed by atoms with Crippen LogP contribution in [0.4, 0.5) is 0 Å². The van der Waals surface area contributed by atoms with Gasteiger partial charge in [-0.1, -0.05) is 13.8 Å². The fraction of sp³-hybridized carbons (Fsp3) is 0.636. The van der Waals surface area contributed by atoms with E-state index in [0.717, 1.165) is 0 Å². The van der Waals surface area contributed by atoms with Crippen LogP contribution in [-0.4, -0.2) is 32.9 Å². The van der Waals surface area contributed by atoms with Gasteiger partial charge in [0.25, 0.3) is 0 Å². The average Bonchev–Trinajstić information content (AvgIpc) is 2.65. The first-order valence-electron chi connectivity index (χ1n) is 5.47. The van der Waals surface area contributed by atoms with Crippen LogP contribution in [0.3, 0.4) is 0 Å². The molecule has 2 unspecified atom stereocenters. The van der Waals surface area contributed by atoms with E-state index in [4.69, 9.17) is 5.11 Å². The van der Waals surface area contributed by atoms with Crippen molar-refractivity contribution in [3.63, 3.8) is 0 Å². The van der Waals surface area contributed by atoms with Gasteiger partial charge in [-0.05, 0) is 18.9 Å². The van der Waals surface area contributed by atoms with Crippen molar-refractivity contribution >= 4 is 5.97 Å². The Morgan fingerprint density at radius 2 is 2.19 bits per heavy atom. The number of nitrogens with one attached hydrogen (secondary N) is 1. The third-order valence-corrected chi connectivity index (χ3v) is 2.42. The van der Waals surface area contributed by atoms with Gasteiger partial charge in [-0.3, -0.25) is 14.8 Å². The summed E-state index contributed by atoms with van der Waals surface area (Å²) in [6, 6.07) is 1.41. The summed E-state index contributed by atoms with van der Waals surface area (Å²) in [5, 5.41) is 16.2. The lowest BCUT2D eigenvalue weighted by atomic mass is 10.0. The first kappa shape index (κ1) is 12.7. The molecule has 90 valence electrons. The van der Waals surface area contributed by atoms with Crippen molar-refractivity contribution in [2.24, 2.45) is 5.92 Å². The predicted molar refractivity (Wildman–Crippen MR) is 61.1 cm³/mol. The molecule has 0 spiro atoms. The highest BCUT2D eigenvalue weighted by molar-refractivity contribution is 5.73. The van der Waals surface area contributed by atoms with Gasteiger partial charge in [0, 0.05) is 18.4 Å². The molecule has 0 fully saturated rings. The molecular weight excluding hydrogens is 206 g/mol. The van der Waals surface area contributed by atoms with Crippen LogP contribution in [-0.2, 0) is 11.3 Å². The van der Waals surface area contributed by atoms with Crippen molar-refractivity contribution in [1.29, 1.82) is 0 Å². The highest BCUT2D eigenvalue weighted by atomic mass is 16.4. The van der Waals surface area contributed by atoms with Crippen molar-refractivity contribution in [3.05, 3.63) is 18.5 Å². The molecule has 16 heavy (non-hydrogen) atoms. The Hall–Kier alpha value is -1.36. The molecule has 0 aromatic carbocycles. The normalized spacial score (nSPS) is 15.0. The fourth-order valence-corrected chi connectivity index (χ4v) is 1.60. The minimum absolute atomic E-state index is 0.0672. The number of hydrogen-bond donors (Lipinski definition) is 2. The number of carboxylic acid groups (broad SMARTS) is 1. The maximum Gasteiger partial charge on any atom is 0.320 e. The quantitative estimate of drug-likeness (QED) is 0.757. The minimum atomic E-state index is -0.803. The van der Waals surface area contributed by atoms with Gasteiger partial charge in [-0.15, -0.1) is 0 Å². The zero-order valence-electron chi connectivity index (χ0n) is 9.92. The second-order valence-corrected chi connectivity index (χ2v) is 4.36. The average molecular weight is 225 g/mol. The summed E-state index contributed by atoms with van der Waals surface area (Å²) in [5.74, 6) is -0.736. The third-order valence-electron chi connectivity index (χ3n) is 2.42. The molecule has 5 nitrogen and oxygen atoms in total. The largest absolute Gasteiger partial charge is 0.480 e. The molecule has 0 amide bonds. The van der Waals surface area contributed by atoms with E-state index < -0.39 is 12.0 Å². The number of aliphatic carboxylic acids is 1. The molecule has 0 aliphatic rings. The Labute approximate surface area is 95.5 Å². The Morgan fingerprint density at radius 1 is 1.50 bits per heavy atom. The van der Waals surface area contributed by atoms with Gasteiger partial charge in [-0.25, -0.2) is 0 Å². The molecule has 2 atom stereocenters. The molecule has 0 bridgehead atoms. The van der Waals surface area contributed by atoms with E-state index in [-0.39, 0.29) is 12.0 Å². The summed E-state index contributed by atoms with van der Waals surface area (Å²) >= 11 is 0. The maximum absolute atomic E-state index is 11.0. The molecule has 0 aliphatic heterocycles. The topological polar surface area (TPSA) is 67.2 Å². The number of carboxylic acids is 1. The highest BCUT2D eigenvalue weighted by Gasteiger charge is 2.22. The summed E-state index contributed by atoms with van der Waals surface area (Å²) in [4.78, 5) is 11.0. The lowest BCUT2D eigenvalue weighted by Crippen LogP contribution is -2.46. The van der Waals surface area contributed by atoms with Gasteiger partial charge in [0.05, 0.1) is 6.54 Å². The van der Waals surface area contributed by atoms with E-state index >= 15 is 0 Å². The van der Waals surface area contributed by atoms with Crippen LogP contribution in [0.1, 0.15) is 20.8 Å². The smallest absolute Gasteiger partial charge is 0.320 e. The van der Waals surface area contributed by atoms with Gasteiger partial charge >= 0.3 is 5.97 Å². The molecule has 0 saturated heterocycles. The number of carbonyl (C=O) groups is 1. The predicted octanol–water partition coefficient (Wildman–Crippen LogP) is 0.970. The second-order valence-electron chi connectivity index (χ2n) is 4.36. The Balaban J connectivity index is 2.49. The molecule has 1 heterocycles. The molecule has 0 saturated carbocycles. The molecule has 1 aromatic heterocycles. The zero-order valence-corrected chi connectivity index (χ0v) is 9.92. The van der Waals surface area contributed by atoms with E-state index in [9.17, 15) is 4.79 Å². The summed E-state index contributed by atoms with van der Waals surface area (Å²) in [5.41, 5.74) is 0. The first-order chi connectivity index (χ1) is 7.50. The van der Waals surface area contributed by atoms with Gasteiger partial charge in [0.2, 0.25) is 0 Å². The molecule has 2 N–H and O–H groups in total. The van der Waals surface area contributed by atoms with Crippen molar-refractivity contribution in [1.82, 2.24) is 15.1 Å². The zero-order chi connectivity index (χ0) is 12.1. The molecule has 0 aliphatic carbocycles. The molecule has 1 rings (SSSR count). The lowest BCUT2D eigenvalue weighted by molar-refractivity contribution is -0.140. The third kappa shape index (κ3) is 3.66. The first-order valence-corrected chi connectivity index (χ1v) is 5.47. The second kappa shape index (κ2) is 5.65. The van der Waals surface area contributed by atoms with Crippen LogP contribution in [0.2, 0.25) is 0 Å². The minimum Gasteiger partial charge on any atom is -0.480 e. The van der Waals surface area contributed by atoms with Crippen molar-refractivity contribution < 1.29 is 9.90 Å². The molecule has 1 aromatic rings. The van der Waals surface area contributed by atoms with Crippen LogP contribution in [0.25, 0.3) is 0 Å². The van der Waals surface area contributed by atoms with Crippen LogP contribution in [0, 0.1) is 5.92 Å². The summed E-state index contributed by atoms with van der Waals surface area (Å²) in [6.45, 7) is 6.42. The fourth-order valence-electron chi connectivity index (χ4n) is 1.60. The van der Waals surface area contributed by atoms with Crippen LogP contribution in [0.5, 0.6) is 0 Å². The SMILES string of the molecule is CC(Cn1cccn1)NC(C(=O)O)C(C)C. The maximum atomic E-state index is 11.0. The van der Waals surface area contributed by atoms with E-state index in [2.05, 4.69) is 10.4 Å². The van der Waals surface area contributed by atoms with E-state index in [1.807, 2.05) is 33.0 Å². The van der Waals surface area contributed by atoms with Crippen molar-refractivity contribution in [2.75, 3.05) is 0 Å². The Bertz CT molecular complexity index is 322. The van der Waals surface area contributed by atoms with Crippen molar-refractivity contribution in [3.8, 4) is 0 Å². The number of nitrogens with zero attached hydrogens (tertiary/aromatic N) is 2. The Kier molecular flexibility index (Phi) is 4.49. The Morgan fingerprint density at radius 3 is 2.62 bits per heavy atom. The standard InChI is InChI=1S/C11H19N3O2/c1-8(2)10(11(15)16)13-9(3)7-14-6-4-5-12-14/h4-6,8-10,13H,7H2,1-3H3,(H,15,16). The number of aromatic nitrogens is 2. The molecule has 5 heteroatoms. The van der Waals surface area contributed by atoms with E-state index in [1.54, 1.807) is 10.9 Å². The van der Waals surface area contributed by atoms with Gasteiger partial charge < -0.3 is 5.11 Å². The van der Waals surface area contributed by atoms with Crippen molar-refractivity contribution in [2.45, 2.75) is 39.4 Å². The monoisotopic (exact) mass is 225 g/mol. The van der Waals surface area contributed by atoms with Gasteiger partial charge in [0.15, 0.2) is 0 Å².